The Morgan fingerprint density at radius 1 is 0.917 bits per heavy atom. The molecular weight excluding hydrogens is 302 g/mol. The molecule has 24 heavy (non-hydrogen) atoms. The monoisotopic (exact) mass is 321 g/mol. The molecule has 0 aromatic heterocycles. The third kappa shape index (κ3) is 3.54. The zero-order valence-corrected chi connectivity index (χ0v) is 13.6. The number of hydrogen-bond acceptors (Lipinski definition) is 3. The summed E-state index contributed by atoms with van der Waals surface area (Å²) < 4.78 is 5.84. The summed E-state index contributed by atoms with van der Waals surface area (Å²) in [6.45, 7) is 2.18. The number of carbonyl (C=O) groups excluding carboxylic acids is 2. The first-order valence-electron chi connectivity index (χ1n) is 8.10. The number of carbonyl (C=O) groups is 2. The van der Waals surface area contributed by atoms with E-state index < -0.39 is 0 Å². The molecule has 4 nitrogen and oxygen atoms in total. The van der Waals surface area contributed by atoms with Crippen molar-refractivity contribution in [3.8, 4) is 11.5 Å². The first-order valence-corrected chi connectivity index (χ1v) is 8.10. The first-order chi connectivity index (χ1) is 11.7. The standard InChI is InChI=1S/C20H19NO3/c1-2-3-5-15-8-10-17(11-9-15)24-18-7-4-6-16(14-18)21-19(22)12-13-20(21)23/h4,6-14H,2-3,5H2,1H3. The summed E-state index contributed by atoms with van der Waals surface area (Å²) >= 11 is 0. The van der Waals surface area contributed by atoms with Crippen LogP contribution in [0.5, 0.6) is 11.5 Å². The molecular formula is C20H19NO3. The average Bonchev–Trinajstić information content (AvgIpc) is 2.93. The van der Waals surface area contributed by atoms with E-state index in [2.05, 4.69) is 19.1 Å². The minimum Gasteiger partial charge on any atom is -0.457 e. The van der Waals surface area contributed by atoms with E-state index >= 15 is 0 Å². The van der Waals surface area contributed by atoms with E-state index in [0.29, 0.717) is 11.4 Å². The van der Waals surface area contributed by atoms with Crippen LogP contribution in [0.4, 0.5) is 5.69 Å². The van der Waals surface area contributed by atoms with Crippen LogP contribution >= 0.6 is 0 Å². The number of benzene rings is 2. The first kappa shape index (κ1) is 16.0. The number of ether oxygens (including phenoxy) is 1. The van der Waals surface area contributed by atoms with Crippen molar-refractivity contribution >= 4 is 17.5 Å². The largest absolute Gasteiger partial charge is 0.457 e. The minimum absolute atomic E-state index is 0.336. The molecule has 0 saturated heterocycles. The van der Waals surface area contributed by atoms with Gasteiger partial charge in [-0.25, -0.2) is 4.90 Å². The zero-order valence-electron chi connectivity index (χ0n) is 13.6. The second-order valence-electron chi connectivity index (χ2n) is 5.69. The molecule has 2 aromatic carbocycles. The van der Waals surface area contributed by atoms with Gasteiger partial charge in [0, 0.05) is 18.2 Å². The third-order valence-electron chi connectivity index (χ3n) is 3.86. The van der Waals surface area contributed by atoms with Gasteiger partial charge < -0.3 is 4.74 Å². The van der Waals surface area contributed by atoms with Crippen LogP contribution in [-0.2, 0) is 16.0 Å². The molecule has 3 rings (SSSR count). The van der Waals surface area contributed by atoms with Gasteiger partial charge in [-0.1, -0.05) is 31.5 Å². The second-order valence-corrected chi connectivity index (χ2v) is 5.69. The Hall–Kier alpha value is -2.88. The van der Waals surface area contributed by atoms with Crippen molar-refractivity contribution in [3.05, 3.63) is 66.2 Å². The molecule has 0 unspecified atom stereocenters. The quantitative estimate of drug-likeness (QED) is 0.747. The summed E-state index contributed by atoms with van der Waals surface area (Å²) in [6, 6.07) is 15.0. The van der Waals surface area contributed by atoms with Crippen molar-refractivity contribution in [2.45, 2.75) is 26.2 Å². The van der Waals surface area contributed by atoms with Crippen LogP contribution in [0.1, 0.15) is 25.3 Å². The molecule has 0 radical (unpaired) electrons. The van der Waals surface area contributed by atoms with Crippen LogP contribution in [0.2, 0.25) is 0 Å². The van der Waals surface area contributed by atoms with Crippen LogP contribution in [-0.4, -0.2) is 11.8 Å². The van der Waals surface area contributed by atoms with Gasteiger partial charge in [0.1, 0.15) is 11.5 Å². The van der Waals surface area contributed by atoms with Crippen molar-refractivity contribution in [1.29, 1.82) is 0 Å². The number of imide groups is 1. The highest BCUT2D eigenvalue weighted by Crippen LogP contribution is 2.27. The molecule has 0 fully saturated rings. The maximum Gasteiger partial charge on any atom is 0.258 e. The van der Waals surface area contributed by atoms with E-state index in [1.54, 1.807) is 24.3 Å². The number of rotatable bonds is 6. The summed E-state index contributed by atoms with van der Waals surface area (Å²) in [7, 11) is 0. The van der Waals surface area contributed by atoms with Gasteiger partial charge in [-0.3, -0.25) is 9.59 Å². The molecule has 0 aliphatic carbocycles. The number of hydrogen-bond donors (Lipinski definition) is 0. The predicted octanol–water partition coefficient (Wildman–Crippen LogP) is 4.25. The topological polar surface area (TPSA) is 46.6 Å². The number of unbranched alkanes of at least 4 members (excludes halogenated alkanes) is 1. The van der Waals surface area contributed by atoms with Crippen molar-refractivity contribution in [2.24, 2.45) is 0 Å². The van der Waals surface area contributed by atoms with E-state index in [-0.39, 0.29) is 11.8 Å². The van der Waals surface area contributed by atoms with E-state index in [4.69, 9.17) is 4.74 Å². The van der Waals surface area contributed by atoms with E-state index in [0.717, 1.165) is 17.1 Å². The average molecular weight is 321 g/mol. The van der Waals surface area contributed by atoms with Gasteiger partial charge in [0.15, 0.2) is 0 Å². The summed E-state index contributed by atoms with van der Waals surface area (Å²) in [5, 5.41) is 0. The molecule has 122 valence electrons. The predicted molar refractivity (Wildman–Crippen MR) is 93.2 cm³/mol. The molecule has 0 saturated carbocycles. The van der Waals surface area contributed by atoms with Crippen molar-refractivity contribution in [1.82, 2.24) is 0 Å². The number of nitrogens with zero attached hydrogens (tertiary/aromatic N) is 1. The SMILES string of the molecule is CCCCc1ccc(Oc2cccc(N3C(=O)C=CC3=O)c2)cc1. The second kappa shape index (κ2) is 7.13. The van der Waals surface area contributed by atoms with E-state index in [9.17, 15) is 9.59 Å². The van der Waals surface area contributed by atoms with Gasteiger partial charge in [-0.15, -0.1) is 0 Å². The number of aryl methyl sites for hydroxylation is 1. The fourth-order valence-electron chi connectivity index (χ4n) is 2.58. The van der Waals surface area contributed by atoms with Crippen LogP contribution < -0.4 is 9.64 Å². The Labute approximate surface area is 141 Å². The Balaban J connectivity index is 1.73. The van der Waals surface area contributed by atoms with Gasteiger partial charge in [0.25, 0.3) is 11.8 Å². The maximum absolute atomic E-state index is 11.8. The van der Waals surface area contributed by atoms with Gasteiger partial charge in [-0.05, 0) is 42.7 Å². The third-order valence-corrected chi connectivity index (χ3v) is 3.86. The molecule has 0 atom stereocenters. The zero-order chi connectivity index (χ0) is 16.9. The molecule has 0 spiro atoms. The Kier molecular flexibility index (Phi) is 4.75. The number of anilines is 1. The van der Waals surface area contributed by atoms with E-state index in [1.807, 2.05) is 12.1 Å². The molecule has 1 heterocycles. The molecule has 4 heteroatoms. The molecule has 2 aromatic rings. The highest BCUT2D eigenvalue weighted by Gasteiger charge is 2.25. The highest BCUT2D eigenvalue weighted by atomic mass is 16.5. The Morgan fingerprint density at radius 3 is 2.29 bits per heavy atom. The van der Waals surface area contributed by atoms with Crippen molar-refractivity contribution < 1.29 is 14.3 Å². The van der Waals surface area contributed by atoms with Gasteiger partial charge in [0.05, 0.1) is 5.69 Å². The molecule has 1 aliphatic heterocycles. The summed E-state index contributed by atoms with van der Waals surface area (Å²) in [4.78, 5) is 24.6. The summed E-state index contributed by atoms with van der Waals surface area (Å²) in [6.07, 6.45) is 5.95. The normalized spacial score (nSPS) is 13.6. The lowest BCUT2D eigenvalue weighted by atomic mass is 10.1. The lowest BCUT2D eigenvalue weighted by Gasteiger charge is -2.15. The van der Waals surface area contributed by atoms with Crippen LogP contribution in [0, 0.1) is 0 Å². The van der Waals surface area contributed by atoms with E-state index in [1.165, 1.54) is 30.6 Å². The van der Waals surface area contributed by atoms with Crippen LogP contribution in [0.15, 0.2) is 60.7 Å². The van der Waals surface area contributed by atoms with Gasteiger partial charge in [-0.2, -0.15) is 0 Å². The smallest absolute Gasteiger partial charge is 0.258 e. The number of amides is 2. The highest BCUT2D eigenvalue weighted by molar-refractivity contribution is 6.28. The summed E-state index contributed by atoms with van der Waals surface area (Å²) in [5.74, 6) is 0.640. The fourth-order valence-corrected chi connectivity index (χ4v) is 2.58. The fraction of sp³-hybridized carbons (Fsp3) is 0.200. The molecule has 0 bridgehead atoms. The molecule has 2 amide bonds. The Morgan fingerprint density at radius 2 is 1.62 bits per heavy atom. The lowest BCUT2D eigenvalue weighted by Crippen LogP contribution is -2.29. The molecule has 0 N–H and O–H groups in total. The van der Waals surface area contributed by atoms with Gasteiger partial charge in [0.2, 0.25) is 0 Å². The van der Waals surface area contributed by atoms with Crippen molar-refractivity contribution in [3.63, 3.8) is 0 Å². The summed E-state index contributed by atoms with van der Waals surface area (Å²) in [5.41, 5.74) is 1.80. The van der Waals surface area contributed by atoms with Crippen LogP contribution in [0.25, 0.3) is 0 Å². The van der Waals surface area contributed by atoms with Gasteiger partial charge >= 0.3 is 0 Å². The Bertz CT molecular complexity index is 760. The minimum atomic E-state index is -0.336. The maximum atomic E-state index is 11.8. The van der Waals surface area contributed by atoms with Crippen molar-refractivity contribution in [2.75, 3.05) is 4.90 Å². The molecule has 1 aliphatic rings. The van der Waals surface area contributed by atoms with Crippen LogP contribution in [0.3, 0.4) is 0 Å². The lowest BCUT2D eigenvalue weighted by molar-refractivity contribution is -0.119.